The van der Waals surface area contributed by atoms with Crippen LogP contribution < -0.4 is 10.2 Å². The molecule has 0 saturated carbocycles. The van der Waals surface area contributed by atoms with Gasteiger partial charge in [-0.05, 0) is 70.6 Å². The van der Waals surface area contributed by atoms with Gasteiger partial charge in [-0.25, -0.2) is 0 Å². The summed E-state index contributed by atoms with van der Waals surface area (Å²) >= 11 is 0. The van der Waals surface area contributed by atoms with Crippen LogP contribution in [0.25, 0.3) is 0 Å². The largest absolute Gasteiger partial charge is 0.756 e. The van der Waals surface area contributed by atoms with Crippen molar-refractivity contribution >= 4 is 13.7 Å². The van der Waals surface area contributed by atoms with Crippen molar-refractivity contribution in [3.05, 3.63) is 85.1 Å². The Bertz CT molecular complexity index is 1500. The van der Waals surface area contributed by atoms with Gasteiger partial charge in [-0.15, -0.1) is 0 Å². The molecule has 3 atom stereocenters. The van der Waals surface area contributed by atoms with Crippen molar-refractivity contribution in [1.29, 1.82) is 0 Å². The normalized spacial score (nSPS) is 14.4. The van der Waals surface area contributed by atoms with Crippen molar-refractivity contribution in [2.75, 3.05) is 40.9 Å². The highest BCUT2D eigenvalue weighted by molar-refractivity contribution is 7.45. The second kappa shape index (κ2) is 56.4. The molecule has 0 aromatic heterocycles. The quantitative estimate of drug-likeness (QED) is 0.0272. The number of nitrogens with one attached hydrogen (secondary N) is 1. The van der Waals surface area contributed by atoms with Gasteiger partial charge < -0.3 is 28.8 Å². The lowest BCUT2D eigenvalue weighted by Gasteiger charge is -2.29. The third kappa shape index (κ3) is 59.2. The molecule has 436 valence electrons. The molecule has 0 aliphatic carbocycles. The fraction of sp³-hybridized carbons (Fsp3) is 0.773. The first-order valence-corrected chi connectivity index (χ1v) is 32.9. The van der Waals surface area contributed by atoms with E-state index in [-0.39, 0.29) is 19.1 Å². The zero-order valence-corrected chi connectivity index (χ0v) is 50.6. The molecule has 0 aromatic carbocycles. The molecule has 0 aliphatic heterocycles. The number of likely N-dealkylation sites (N-methyl/N-ethyl adjacent to an activating group) is 1. The number of quaternary nitrogens is 1. The highest BCUT2D eigenvalue weighted by Crippen LogP contribution is 2.38. The van der Waals surface area contributed by atoms with Crippen LogP contribution in [-0.2, 0) is 18.4 Å². The van der Waals surface area contributed by atoms with Gasteiger partial charge in [0.15, 0.2) is 0 Å². The van der Waals surface area contributed by atoms with Crippen LogP contribution in [0.15, 0.2) is 85.1 Å². The Morgan fingerprint density at radius 2 is 0.813 bits per heavy atom. The monoisotopic (exact) mass is 1070 g/mol. The Morgan fingerprint density at radius 1 is 0.480 bits per heavy atom. The van der Waals surface area contributed by atoms with E-state index in [1.807, 2.05) is 27.2 Å². The summed E-state index contributed by atoms with van der Waals surface area (Å²) in [4.78, 5) is 25.6. The second-order valence-corrected chi connectivity index (χ2v) is 23.8. The zero-order chi connectivity index (χ0) is 54.9. The molecule has 3 unspecified atom stereocenters. The Labute approximate surface area is 465 Å². The molecule has 8 nitrogen and oxygen atoms in total. The number of carbonyl (C=O) groups is 1. The number of phosphoric acid groups is 1. The van der Waals surface area contributed by atoms with Gasteiger partial charge in [-0.2, -0.15) is 0 Å². The summed E-state index contributed by atoms with van der Waals surface area (Å²) in [5.74, 6) is -0.198. The molecule has 0 heterocycles. The van der Waals surface area contributed by atoms with Crippen LogP contribution in [0.1, 0.15) is 277 Å². The van der Waals surface area contributed by atoms with Crippen LogP contribution in [0.5, 0.6) is 0 Å². The third-order valence-electron chi connectivity index (χ3n) is 13.9. The van der Waals surface area contributed by atoms with E-state index in [4.69, 9.17) is 9.05 Å². The van der Waals surface area contributed by atoms with Gasteiger partial charge in [0.2, 0.25) is 5.91 Å². The van der Waals surface area contributed by atoms with Gasteiger partial charge in [0, 0.05) is 6.42 Å². The fourth-order valence-corrected chi connectivity index (χ4v) is 9.71. The number of rotatable bonds is 57. The van der Waals surface area contributed by atoms with Crippen molar-refractivity contribution in [3.63, 3.8) is 0 Å². The van der Waals surface area contributed by atoms with Gasteiger partial charge in [0.05, 0.1) is 39.9 Å². The van der Waals surface area contributed by atoms with Gasteiger partial charge in [0.25, 0.3) is 7.82 Å². The van der Waals surface area contributed by atoms with E-state index >= 15 is 0 Å². The highest BCUT2D eigenvalue weighted by atomic mass is 31.2. The Hall–Kier alpha value is -2.32. The maximum absolute atomic E-state index is 13.0. The molecule has 0 aromatic rings. The Morgan fingerprint density at radius 3 is 1.19 bits per heavy atom. The summed E-state index contributed by atoms with van der Waals surface area (Å²) in [6.07, 6.45) is 79.5. The van der Waals surface area contributed by atoms with Crippen LogP contribution >= 0.6 is 7.82 Å². The lowest BCUT2D eigenvalue weighted by Crippen LogP contribution is -2.45. The first kappa shape index (κ1) is 72.7. The number of hydrogen-bond donors (Lipinski definition) is 2. The van der Waals surface area contributed by atoms with Gasteiger partial charge >= 0.3 is 0 Å². The minimum absolute atomic E-state index is 0.00308. The fourth-order valence-electron chi connectivity index (χ4n) is 8.98. The van der Waals surface area contributed by atoms with Crippen molar-refractivity contribution in [3.8, 4) is 0 Å². The average molecular weight is 1070 g/mol. The molecule has 0 bridgehead atoms. The Balaban J connectivity index is 4.12. The Kier molecular flexibility index (Phi) is 54.7. The average Bonchev–Trinajstić information content (AvgIpc) is 3.37. The molecule has 0 radical (unpaired) electrons. The highest BCUT2D eigenvalue weighted by Gasteiger charge is 2.23. The SMILES string of the molecule is CC/C=C\C/C=C\C/C=C\C/C=C\C/C=C\C/C=C\CCCCCCCCCCCCCCCCC(=O)NC(COP(=O)([O-])OCC[N+](C)(C)C)C(O)/C=C/CCCCCCCCCCCCCCCCCCCC. The number of phosphoric ester groups is 1. The van der Waals surface area contributed by atoms with Crippen LogP contribution in [0.3, 0.4) is 0 Å². The van der Waals surface area contributed by atoms with E-state index < -0.39 is 20.0 Å². The molecule has 75 heavy (non-hydrogen) atoms. The van der Waals surface area contributed by atoms with Crippen molar-refractivity contribution in [2.24, 2.45) is 0 Å². The molecule has 0 rings (SSSR count). The number of amides is 1. The van der Waals surface area contributed by atoms with E-state index in [1.165, 1.54) is 180 Å². The molecule has 2 N–H and O–H groups in total. The predicted molar refractivity (Wildman–Crippen MR) is 325 cm³/mol. The summed E-state index contributed by atoms with van der Waals surface area (Å²) in [5.41, 5.74) is 0. The standard InChI is InChI=1S/C66H121N2O6P/c1-6-8-10-12-14-16-18-20-22-24-26-28-29-30-31-32-33-34-35-36-37-38-39-40-42-44-46-48-50-52-54-56-58-60-66(70)67-64(63-74-75(71,72)73-62-61-68(3,4)5)65(69)59-57-55-53-51-49-47-45-43-41-27-25-23-21-19-17-15-13-11-9-7-2/h8,10,14,16,20,22,26,28,30-31,33-34,57,59,64-65,69H,6-7,9,11-13,15,17-19,21,23-25,27,29,32,35-56,58,60-63H2,1-5H3,(H-,67,70,71,72)/b10-8-,16-14-,22-20-,28-26-,31-30-,34-33-,59-57+. The minimum atomic E-state index is -4.60. The summed E-state index contributed by atoms with van der Waals surface area (Å²) in [5, 5.41) is 13.9. The van der Waals surface area contributed by atoms with E-state index in [1.54, 1.807) is 6.08 Å². The number of hydrogen-bond acceptors (Lipinski definition) is 6. The molecule has 0 fully saturated rings. The van der Waals surface area contributed by atoms with Crippen LogP contribution in [-0.4, -0.2) is 68.5 Å². The number of allylic oxidation sites excluding steroid dienone is 13. The maximum Gasteiger partial charge on any atom is 0.268 e. The maximum atomic E-state index is 13.0. The molecule has 0 saturated heterocycles. The molecular formula is C66H121N2O6P. The number of unbranched alkanes of at least 4 members (excludes halogenated alkanes) is 32. The summed E-state index contributed by atoms with van der Waals surface area (Å²) in [6.45, 7) is 4.56. The lowest BCUT2D eigenvalue weighted by molar-refractivity contribution is -0.870. The summed E-state index contributed by atoms with van der Waals surface area (Å²) < 4.78 is 23.4. The smallest absolute Gasteiger partial charge is 0.268 e. The third-order valence-corrected chi connectivity index (χ3v) is 14.8. The van der Waals surface area contributed by atoms with Gasteiger partial charge in [-0.3, -0.25) is 9.36 Å². The topological polar surface area (TPSA) is 108 Å². The van der Waals surface area contributed by atoms with E-state index in [2.05, 4.69) is 92.1 Å². The zero-order valence-electron chi connectivity index (χ0n) is 49.7. The summed E-state index contributed by atoms with van der Waals surface area (Å²) in [7, 11) is 1.26. The molecule has 9 heteroatoms. The van der Waals surface area contributed by atoms with Crippen molar-refractivity contribution in [1.82, 2.24) is 5.32 Å². The molecule has 0 spiro atoms. The number of aliphatic hydroxyl groups is 1. The van der Waals surface area contributed by atoms with E-state index in [0.717, 1.165) is 77.0 Å². The van der Waals surface area contributed by atoms with Crippen LogP contribution in [0.2, 0.25) is 0 Å². The summed E-state index contributed by atoms with van der Waals surface area (Å²) in [6, 6.07) is -0.891. The number of nitrogens with zero attached hydrogens (tertiary/aromatic N) is 1. The number of aliphatic hydroxyl groups excluding tert-OH is 1. The second-order valence-electron chi connectivity index (χ2n) is 22.4. The van der Waals surface area contributed by atoms with Gasteiger partial charge in [-0.1, -0.05) is 285 Å². The minimum Gasteiger partial charge on any atom is -0.756 e. The number of carbonyl (C=O) groups excluding carboxylic acids is 1. The van der Waals surface area contributed by atoms with E-state index in [0.29, 0.717) is 17.4 Å². The molecular weight excluding hydrogens is 948 g/mol. The van der Waals surface area contributed by atoms with Crippen molar-refractivity contribution < 1.29 is 32.9 Å². The van der Waals surface area contributed by atoms with Crippen molar-refractivity contribution in [2.45, 2.75) is 289 Å². The molecule has 1 amide bonds. The van der Waals surface area contributed by atoms with E-state index in [9.17, 15) is 19.4 Å². The lowest BCUT2D eigenvalue weighted by atomic mass is 10.0. The predicted octanol–water partition coefficient (Wildman–Crippen LogP) is 19.0. The molecule has 0 aliphatic rings. The van der Waals surface area contributed by atoms with Gasteiger partial charge in [0.1, 0.15) is 13.2 Å². The first-order chi connectivity index (χ1) is 36.5. The van der Waals surface area contributed by atoms with Crippen LogP contribution in [0, 0.1) is 0 Å². The van der Waals surface area contributed by atoms with Crippen LogP contribution in [0.4, 0.5) is 0 Å². The first-order valence-electron chi connectivity index (χ1n) is 31.4.